The summed E-state index contributed by atoms with van der Waals surface area (Å²) in [5.74, 6) is 0. The van der Waals surface area contributed by atoms with Crippen LogP contribution in [0.15, 0.2) is 82.9 Å². The van der Waals surface area contributed by atoms with Gasteiger partial charge in [0.15, 0.2) is 0 Å². The second-order valence-corrected chi connectivity index (χ2v) is 6.83. The van der Waals surface area contributed by atoms with Gasteiger partial charge in [0.25, 0.3) is 0 Å². The summed E-state index contributed by atoms with van der Waals surface area (Å²) in [6.07, 6.45) is 4.92. The fourth-order valence-electron chi connectivity index (χ4n) is 2.48. The average Bonchev–Trinajstić information content (AvgIpc) is 2.93. The molecule has 2 N–H and O–H groups in total. The largest absolute Gasteiger partial charge is 0.405 e. The quantitative estimate of drug-likeness (QED) is 0.805. The number of fused-ring (bicyclic) bond motifs is 1. The van der Waals surface area contributed by atoms with Crippen LogP contribution in [-0.4, -0.2) is 13.0 Å². The minimum absolute atomic E-state index is 0.298. The van der Waals surface area contributed by atoms with Crippen molar-refractivity contribution < 1.29 is 8.42 Å². The van der Waals surface area contributed by atoms with Crippen molar-refractivity contribution in [2.75, 3.05) is 0 Å². The van der Waals surface area contributed by atoms with Crippen molar-refractivity contribution in [1.29, 1.82) is 0 Å². The maximum absolute atomic E-state index is 12.9. The molecule has 1 heterocycles. The molecule has 0 bridgehead atoms. The smallest absolute Gasteiger partial charge is 0.208 e. The van der Waals surface area contributed by atoms with E-state index in [1.807, 2.05) is 28.8 Å². The van der Waals surface area contributed by atoms with Gasteiger partial charge in [0.05, 0.1) is 9.79 Å². The third kappa shape index (κ3) is 2.40. The first-order chi connectivity index (χ1) is 10.6. The van der Waals surface area contributed by atoms with Gasteiger partial charge in [0.2, 0.25) is 9.84 Å². The zero-order chi connectivity index (χ0) is 15.6. The summed E-state index contributed by atoms with van der Waals surface area (Å²) in [6, 6.07) is 15.9. The molecule has 0 aliphatic rings. The topological polar surface area (TPSA) is 65.1 Å². The molecule has 0 unspecified atom stereocenters. The lowest BCUT2D eigenvalue weighted by Gasteiger charge is -2.02. The Hall–Kier alpha value is -2.53. The van der Waals surface area contributed by atoms with Crippen LogP contribution < -0.4 is 5.73 Å². The zero-order valence-electron chi connectivity index (χ0n) is 11.9. The summed E-state index contributed by atoms with van der Waals surface area (Å²) in [4.78, 5) is 0.618. The van der Waals surface area contributed by atoms with Crippen molar-refractivity contribution in [1.82, 2.24) is 4.57 Å². The Morgan fingerprint density at radius 3 is 2.41 bits per heavy atom. The molecule has 0 aliphatic carbocycles. The molecule has 0 atom stereocenters. The fourth-order valence-corrected chi connectivity index (χ4v) is 3.98. The summed E-state index contributed by atoms with van der Waals surface area (Å²) >= 11 is 0. The second-order valence-electron chi connectivity index (χ2n) is 4.91. The molecule has 112 valence electrons. The summed E-state index contributed by atoms with van der Waals surface area (Å²) in [7, 11) is -3.55. The Labute approximate surface area is 129 Å². The Morgan fingerprint density at radius 2 is 1.68 bits per heavy atom. The van der Waals surface area contributed by atoms with Gasteiger partial charge < -0.3 is 10.3 Å². The van der Waals surface area contributed by atoms with E-state index >= 15 is 0 Å². The van der Waals surface area contributed by atoms with Crippen molar-refractivity contribution in [3.63, 3.8) is 0 Å². The molecule has 2 aromatic carbocycles. The normalized spacial score (nSPS) is 12.2. The molecule has 1 aromatic heterocycles. The number of benzene rings is 2. The average molecular weight is 312 g/mol. The van der Waals surface area contributed by atoms with E-state index in [9.17, 15) is 8.42 Å². The highest BCUT2D eigenvalue weighted by Gasteiger charge is 2.22. The highest BCUT2D eigenvalue weighted by molar-refractivity contribution is 7.91. The van der Waals surface area contributed by atoms with E-state index in [4.69, 9.17) is 5.73 Å². The highest BCUT2D eigenvalue weighted by Crippen LogP contribution is 2.30. The molecule has 0 radical (unpaired) electrons. The third-order valence-corrected chi connectivity index (χ3v) is 5.33. The Balaban J connectivity index is 2.23. The molecular formula is C17H16N2O2S. The van der Waals surface area contributed by atoms with Gasteiger partial charge in [-0.2, -0.15) is 0 Å². The van der Waals surface area contributed by atoms with Crippen LogP contribution in [0.4, 0.5) is 0 Å². The molecule has 3 rings (SSSR count). The third-order valence-electron chi connectivity index (χ3n) is 3.53. The van der Waals surface area contributed by atoms with Gasteiger partial charge in [-0.1, -0.05) is 36.4 Å². The summed E-state index contributed by atoms with van der Waals surface area (Å²) in [6.45, 7) is 0.529. The number of nitrogens with two attached hydrogens (primary N) is 1. The predicted molar refractivity (Wildman–Crippen MR) is 87.2 cm³/mol. The SMILES string of the molecule is NC=CCn1cc(S(=O)(=O)c2ccccc2)c2ccccc21. The minimum atomic E-state index is -3.55. The van der Waals surface area contributed by atoms with Crippen molar-refractivity contribution in [3.05, 3.63) is 73.1 Å². The lowest BCUT2D eigenvalue weighted by atomic mass is 10.2. The van der Waals surface area contributed by atoms with Crippen molar-refractivity contribution >= 4 is 20.7 Å². The Kier molecular flexibility index (Phi) is 3.73. The van der Waals surface area contributed by atoms with Crippen LogP contribution in [0.1, 0.15) is 0 Å². The van der Waals surface area contributed by atoms with Gasteiger partial charge in [0, 0.05) is 23.6 Å². The summed E-state index contributed by atoms with van der Waals surface area (Å²) in [5.41, 5.74) is 6.26. The minimum Gasteiger partial charge on any atom is -0.405 e. The molecule has 3 aromatic rings. The van der Waals surface area contributed by atoms with E-state index in [0.29, 0.717) is 16.3 Å². The maximum atomic E-state index is 12.9. The van der Waals surface area contributed by atoms with Crippen molar-refractivity contribution in [2.24, 2.45) is 5.73 Å². The molecule has 0 saturated carbocycles. The number of allylic oxidation sites excluding steroid dienone is 1. The number of hydrogen-bond donors (Lipinski definition) is 1. The summed E-state index contributed by atoms with van der Waals surface area (Å²) < 4.78 is 27.6. The highest BCUT2D eigenvalue weighted by atomic mass is 32.2. The van der Waals surface area contributed by atoms with E-state index in [0.717, 1.165) is 10.9 Å². The lowest BCUT2D eigenvalue weighted by molar-refractivity contribution is 0.596. The first-order valence-electron chi connectivity index (χ1n) is 6.89. The number of nitrogens with zero attached hydrogens (tertiary/aromatic N) is 1. The maximum Gasteiger partial charge on any atom is 0.208 e. The molecule has 0 fully saturated rings. The van der Waals surface area contributed by atoms with Gasteiger partial charge in [-0.3, -0.25) is 0 Å². The Morgan fingerprint density at radius 1 is 1.00 bits per heavy atom. The van der Waals surface area contributed by atoms with Crippen LogP contribution in [0, 0.1) is 0 Å². The van der Waals surface area contributed by atoms with Crippen LogP contribution in [0.3, 0.4) is 0 Å². The second kappa shape index (κ2) is 5.69. The number of rotatable bonds is 4. The number of hydrogen-bond acceptors (Lipinski definition) is 3. The van der Waals surface area contributed by atoms with Crippen LogP contribution in [-0.2, 0) is 16.4 Å². The number of aromatic nitrogens is 1. The van der Waals surface area contributed by atoms with Crippen molar-refractivity contribution in [2.45, 2.75) is 16.3 Å². The van der Waals surface area contributed by atoms with Gasteiger partial charge in [0.1, 0.15) is 0 Å². The molecule has 0 spiro atoms. The monoisotopic (exact) mass is 312 g/mol. The number of sulfone groups is 1. The van der Waals surface area contributed by atoms with E-state index < -0.39 is 9.84 Å². The molecule has 0 aliphatic heterocycles. The van der Waals surface area contributed by atoms with Gasteiger partial charge in [-0.15, -0.1) is 0 Å². The molecule has 5 heteroatoms. The predicted octanol–water partition coefficient (Wildman–Crippen LogP) is 2.95. The standard InChI is InChI=1S/C17H16N2O2S/c18-11-6-12-19-13-17(15-9-4-5-10-16(15)19)22(20,21)14-7-2-1-3-8-14/h1-11,13H,12,18H2. The Bertz CT molecular complexity index is 926. The first-order valence-corrected chi connectivity index (χ1v) is 8.37. The van der Waals surface area contributed by atoms with Crippen LogP contribution in [0.5, 0.6) is 0 Å². The number of para-hydroxylation sites is 1. The van der Waals surface area contributed by atoms with Crippen molar-refractivity contribution in [3.8, 4) is 0 Å². The molecule has 0 saturated heterocycles. The van der Waals surface area contributed by atoms with Crippen LogP contribution >= 0.6 is 0 Å². The van der Waals surface area contributed by atoms with E-state index in [1.165, 1.54) is 6.20 Å². The molecular weight excluding hydrogens is 296 g/mol. The summed E-state index contributed by atoms with van der Waals surface area (Å²) in [5, 5.41) is 0.719. The van der Waals surface area contributed by atoms with E-state index in [1.54, 1.807) is 42.6 Å². The lowest BCUT2D eigenvalue weighted by Crippen LogP contribution is -2.01. The van der Waals surface area contributed by atoms with Gasteiger partial charge in [-0.05, 0) is 30.5 Å². The van der Waals surface area contributed by atoms with Gasteiger partial charge >= 0.3 is 0 Å². The first kappa shape index (κ1) is 14.4. The fraction of sp³-hybridized carbons (Fsp3) is 0.0588. The molecule has 0 amide bonds. The molecule has 22 heavy (non-hydrogen) atoms. The van der Waals surface area contributed by atoms with Crippen LogP contribution in [0.2, 0.25) is 0 Å². The van der Waals surface area contributed by atoms with Gasteiger partial charge in [-0.25, -0.2) is 8.42 Å². The van der Waals surface area contributed by atoms with Crippen LogP contribution in [0.25, 0.3) is 10.9 Å². The molecule has 4 nitrogen and oxygen atoms in total. The van der Waals surface area contributed by atoms with E-state index in [2.05, 4.69) is 0 Å². The zero-order valence-corrected chi connectivity index (χ0v) is 12.7. The van der Waals surface area contributed by atoms with E-state index in [-0.39, 0.29) is 0 Å².